The van der Waals surface area contributed by atoms with E-state index in [1.807, 2.05) is 40.9 Å². The Morgan fingerprint density at radius 1 is 1.00 bits per heavy atom. The first-order chi connectivity index (χ1) is 12.6. The second-order valence-corrected chi connectivity index (χ2v) is 6.33. The number of fused-ring (bicyclic) bond motifs is 1. The molecule has 4 rings (SSSR count). The third-order valence-corrected chi connectivity index (χ3v) is 4.23. The number of nitrogens with one attached hydrogen (secondary N) is 1. The zero-order chi connectivity index (χ0) is 18.1. The summed E-state index contributed by atoms with van der Waals surface area (Å²) in [5, 5.41) is 3.53. The maximum Gasteiger partial charge on any atom is 0.235 e. The summed E-state index contributed by atoms with van der Waals surface area (Å²) in [6.45, 7) is 4.19. The predicted octanol–water partition coefficient (Wildman–Crippen LogP) is 4.77. The first-order valence-corrected chi connectivity index (χ1v) is 8.47. The molecule has 130 valence electrons. The molecule has 0 aliphatic rings. The van der Waals surface area contributed by atoms with Gasteiger partial charge in [0.2, 0.25) is 5.78 Å². The number of anilines is 2. The molecule has 0 fully saturated rings. The molecule has 2 aromatic carbocycles. The number of hydrogen-bond acceptors (Lipinski definition) is 4. The van der Waals surface area contributed by atoms with Gasteiger partial charge in [0.15, 0.2) is 0 Å². The van der Waals surface area contributed by atoms with Gasteiger partial charge < -0.3 is 10.1 Å². The molecule has 5 nitrogen and oxygen atoms in total. The molecule has 1 N–H and O–H groups in total. The van der Waals surface area contributed by atoms with Gasteiger partial charge in [0.1, 0.15) is 17.3 Å². The number of ether oxygens (including phenoxy) is 1. The lowest BCUT2D eigenvalue weighted by Crippen LogP contribution is -1.98. The second-order valence-electron chi connectivity index (χ2n) is 6.33. The lowest BCUT2D eigenvalue weighted by atomic mass is 10.1. The van der Waals surface area contributed by atoms with Crippen molar-refractivity contribution in [3.8, 4) is 17.0 Å². The molecule has 0 radical (unpaired) electrons. The number of rotatable bonds is 4. The first kappa shape index (κ1) is 16.1. The van der Waals surface area contributed by atoms with Crippen molar-refractivity contribution in [3.05, 3.63) is 72.1 Å². The van der Waals surface area contributed by atoms with Crippen LogP contribution in [0.4, 0.5) is 11.5 Å². The van der Waals surface area contributed by atoms with Gasteiger partial charge in [0, 0.05) is 23.6 Å². The zero-order valence-electron chi connectivity index (χ0n) is 15.0. The van der Waals surface area contributed by atoms with Crippen molar-refractivity contribution in [2.45, 2.75) is 13.8 Å². The van der Waals surface area contributed by atoms with Crippen LogP contribution in [0.25, 0.3) is 17.0 Å². The molecule has 0 unspecified atom stereocenters. The molecular weight excluding hydrogens is 324 g/mol. The Balaban J connectivity index is 1.89. The van der Waals surface area contributed by atoms with Gasteiger partial charge in [-0.25, -0.2) is 9.97 Å². The van der Waals surface area contributed by atoms with Crippen LogP contribution in [0.5, 0.6) is 5.75 Å². The quantitative estimate of drug-likeness (QED) is 0.580. The summed E-state index contributed by atoms with van der Waals surface area (Å²) in [5.41, 5.74) is 5.26. The van der Waals surface area contributed by atoms with E-state index in [-0.39, 0.29) is 0 Å². The molecule has 0 bridgehead atoms. The van der Waals surface area contributed by atoms with Crippen LogP contribution in [0.2, 0.25) is 0 Å². The van der Waals surface area contributed by atoms with Crippen LogP contribution in [-0.4, -0.2) is 21.5 Å². The first-order valence-electron chi connectivity index (χ1n) is 8.47. The zero-order valence-corrected chi connectivity index (χ0v) is 15.0. The molecule has 0 aliphatic heterocycles. The highest BCUT2D eigenvalue weighted by molar-refractivity contribution is 5.79. The maximum atomic E-state index is 5.37. The summed E-state index contributed by atoms with van der Waals surface area (Å²) < 4.78 is 7.33. The highest BCUT2D eigenvalue weighted by atomic mass is 16.5. The van der Waals surface area contributed by atoms with Gasteiger partial charge in [0.25, 0.3) is 0 Å². The third kappa shape index (κ3) is 2.99. The smallest absolute Gasteiger partial charge is 0.235 e. The second kappa shape index (κ2) is 6.52. The van der Waals surface area contributed by atoms with Crippen LogP contribution in [0.3, 0.4) is 0 Å². The summed E-state index contributed by atoms with van der Waals surface area (Å²) in [7, 11) is 1.67. The minimum Gasteiger partial charge on any atom is -0.497 e. The molecule has 26 heavy (non-hydrogen) atoms. The van der Waals surface area contributed by atoms with Crippen LogP contribution in [0, 0.1) is 13.8 Å². The average molecular weight is 344 g/mol. The summed E-state index contributed by atoms with van der Waals surface area (Å²) in [4.78, 5) is 9.12. The van der Waals surface area contributed by atoms with Gasteiger partial charge in [-0.2, -0.15) is 0 Å². The minimum absolute atomic E-state index is 0.650. The Morgan fingerprint density at radius 3 is 2.58 bits per heavy atom. The highest BCUT2D eigenvalue weighted by Gasteiger charge is 2.15. The highest BCUT2D eigenvalue weighted by Crippen LogP contribution is 2.32. The van der Waals surface area contributed by atoms with Crippen LogP contribution in [0.1, 0.15) is 11.1 Å². The SMILES string of the molecule is COc1cccc(-c2nc3ncccn3c2Nc2cc(C)cc(C)c2)c1. The standard InChI is InChI=1S/C21H20N4O/c1-14-10-15(2)12-17(11-14)23-20-19(16-6-4-7-18(13-16)26-3)24-21-22-8-5-9-25(20)21/h4-13,23H,1-3H3. The molecule has 0 saturated carbocycles. The molecule has 4 aromatic rings. The van der Waals surface area contributed by atoms with Crippen molar-refractivity contribution < 1.29 is 4.74 Å². The van der Waals surface area contributed by atoms with Crippen LogP contribution in [-0.2, 0) is 0 Å². The van der Waals surface area contributed by atoms with Gasteiger partial charge in [-0.15, -0.1) is 0 Å². The van der Waals surface area contributed by atoms with Crippen molar-refractivity contribution >= 4 is 17.3 Å². The van der Waals surface area contributed by atoms with Crippen molar-refractivity contribution in [2.75, 3.05) is 12.4 Å². The molecule has 2 heterocycles. The van der Waals surface area contributed by atoms with E-state index < -0.39 is 0 Å². The summed E-state index contributed by atoms with van der Waals surface area (Å²) in [6.07, 6.45) is 3.71. The number of aryl methyl sites for hydroxylation is 2. The van der Waals surface area contributed by atoms with Gasteiger partial charge in [-0.3, -0.25) is 4.40 Å². The van der Waals surface area contributed by atoms with Crippen molar-refractivity contribution in [1.82, 2.24) is 14.4 Å². The van der Waals surface area contributed by atoms with E-state index in [0.717, 1.165) is 28.5 Å². The molecule has 0 saturated heterocycles. The Hall–Kier alpha value is -3.34. The van der Waals surface area contributed by atoms with Crippen LogP contribution >= 0.6 is 0 Å². The van der Waals surface area contributed by atoms with E-state index >= 15 is 0 Å². The van der Waals surface area contributed by atoms with E-state index in [9.17, 15) is 0 Å². The number of aromatic nitrogens is 3. The Kier molecular flexibility index (Phi) is 4.05. The van der Waals surface area contributed by atoms with Gasteiger partial charge in [0.05, 0.1) is 7.11 Å². The molecule has 2 aromatic heterocycles. The fourth-order valence-electron chi connectivity index (χ4n) is 3.16. The number of benzene rings is 2. The topological polar surface area (TPSA) is 51.5 Å². The summed E-state index contributed by atoms with van der Waals surface area (Å²) in [6, 6.07) is 16.2. The van der Waals surface area contributed by atoms with Crippen LogP contribution in [0.15, 0.2) is 60.9 Å². The summed E-state index contributed by atoms with van der Waals surface area (Å²) >= 11 is 0. The average Bonchev–Trinajstić information content (AvgIpc) is 3.00. The molecule has 0 aliphatic carbocycles. The van der Waals surface area contributed by atoms with Crippen molar-refractivity contribution in [2.24, 2.45) is 0 Å². The largest absolute Gasteiger partial charge is 0.497 e. The normalized spacial score (nSPS) is 10.9. The fraction of sp³-hybridized carbons (Fsp3) is 0.143. The maximum absolute atomic E-state index is 5.37. The van der Waals surface area contributed by atoms with Gasteiger partial charge >= 0.3 is 0 Å². The van der Waals surface area contributed by atoms with Gasteiger partial charge in [-0.05, 0) is 55.3 Å². The number of hydrogen-bond donors (Lipinski definition) is 1. The number of imidazole rings is 1. The van der Waals surface area contributed by atoms with Gasteiger partial charge in [-0.1, -0.05) is 18.2 Å². The van der Waals surface area contributed by atoms with E-state index in [4.69, 9.17) is 9.72 Å². The molecule has 0 spiro atoms. The van der Waals surface area contributed by atoms with E-state index in [2.05, 4.69) is 42.3 Å². The lowest BCUT2D eigenvalue weighted by Gasteiger charge is -2.11. The number of nitrogens with zero attached hydrogens (tertiary/aromatic N) is 3. The molecule has 0 amide bonds. The predicted molar refractivity (Wildman–Crippen MR) is 104 cm³/mol. The van der Waals surface area contributed by atoms with Crippen molar-refractivity contribution in [1.29, 1.82) is 0 Å². The van der Waals surface area contributed by atoms with E-state index in [0.29, 0.717) is 5.78 Å². The Bertz CT molecular complexity index is 1060. The molecule has 0 atom stereocenters. The fourth-order valence-corrected chi connectivity index (χ4v) is 3.16. The Labute approximate surface area is 152 Å². The van der Waals surface area contributed by atoms with Crippen molar-refractivity contribution in [3.63, 3.8) is 0 Å². The molecular formula is C21H20N4O. The van der Waals surface area contributed by atoms with E-state index in [1.165, 1.54) is 11.1 Å². The van der Waals surface area contributed by atoms with Crippen LogP contribution < -0.4 is 10.1 Å². The third-order valence-electron chi connectivity index (χ3n) is 4.23. The monoisotopic (exact) mass is 344 g/mol. The minimum atomic E-state index is 0.650. The summed E-state index contributed by atoms with van der Waals surface area (Å²) in [5.74, 6) is 2.33. The number of methoxy groups -OCH3 is 1. The lowest BCUT2D eigenvalue weighted by molar-refractivity contribution is 0.415. The Morgan fingerprint density at radius 2 is 1.81 bits per heavy atom. The van der Waals surface area contributed by atoms with E-state index in [1.54, 1.807) is 13.3 Å². The molecule has 5 heteroatoms.